The van der Waals surface area contributed by atoms with Gasteiger partial charge in [0, 0.05) is 12.2 Å². The molecule has 0 saturated carbocycles. The lowest BCUT2D eigenvalue weighted by molar-refractivity contribution is 0.409. The molecule has 0 heterocycles. The van der Waals surface area contributed by atoms with Crippen LogP contribution < -0.4 is 15.4 Å². The van der Waals surface area contributed by atoms with Crippen molar-refractivity contribution in [2.75, 3.05) is 19.0 Å². The number of methoxy groups -OCH3 is 1. The maximum absolute atomic E-state index is 5.35. The molecule has 0 saturated heterocycles. The smallest absolute Gasteiger partial charge is 0.170 e. The van der Waals surface area contributed by atoms with Gasteiger partial charge >= 0.3 is 0 Å². The SMILES string of the molecule is CCc1cccc(NC(=S)NCCc2ccccc2OC)c1. The van der Waals surface area contributed by atoms with Gasteiger partial charge in [-0.05, 0) is 54.4 Å². The van der Waals surface area contributed by atoms with Crippen LogP contribution in [-0.4, -0.2) is 18.8 Å². The number of aryl methyl sites for hydroxylation is 1. The maximum atomic E-state index is 5.35. The van der Waals surface area contributed by atoms with E-state index >= 15 is 0 Å². The highest BCUT2D eigenvalue weighted by molar-refractivity contribution is 7.80. The standard InChI is InChI=1S/C18H22N2OS/c1-3-14-7-6-9-16(13-14)20-18(22)19-12-11-15-8-4-5-10-17(15)21-2/h4-10,13H,3,11-12H2,1-2H3,(H2,19,20,22). The normalized spacial score (nSPS) is 10.1. The van der Waals surface area contributed by atoms with Gasteiger partial charge in [0.15, 0.2) is 5.11 Å². The van der Waals surface area contributed by atoms with Gasteiger partial charge in [0.05, 0.1) is 7.11 Å². The Morgan fingerprint density at radius 2 is 1.95 bits per heavy atom. The summed E-state index contributed by atoms with van der Waals surface area (Å²) in [6.45, 7) is 2.91. The zero-order valence-electron chi connectivity index (χ0n) is 13.1. The van der Waals surface area contributed by atoms with E-state index in [0.29, 0.717) is 5.11 Å². The van der Waals surface area contributed by atoms with E-state index in [-0.39, 0.29) is 0 Å². The molecule has 0 bridgehead atoms. The summed E-state index contributed by atoms with van der Waals surface area (Å²) in [6, 6.07) is 16.3. The molecular weight excluding hydrogens is 292 g/mol. The first-order valence-electron chi connectivity index (χ1n) is 7.48. The lowest BCUT2D eigenvalue weighted by Crippen LogP contribution is -2.30. The minimum atomic E-state index is 0.642. The molecule has 0 fully saturated rings. The van der Waals surface area contributed by atoms with Crippen LogP contribution >= 0.6 is 12.2 Å². The van der Waals surface area contributed by atoms with E-state index in [1.165, 1.54) is 11.1 Å². The summed E-state index contributed by atoms with van der Waals surface area (Å²) < 4.78 is 5.35. The Morgan fingerprint density at radius 1 is 1.14 bits per heavy atom. The summed E-state index contributed by atoms with van der Waals surface area (Å²) in [5, 5.41) is 7.10. The van der Waals surface area contributed by atoms with Crippen molar-refractivity contribution in [2.45, 2.75) is 19.8 Å². The summed E-state index contributed by atoms with van der Waals surface area (Å²) >= 11 is 5.34. The summed E-state index contributed by atoms with van der Waals surface area (Å²) in [7, 11) is 1.69. The van der Waals surface area contributed by atoms with Crippen LogP contribution in [0.1, 0.15) is 18.1 Å². The predicted molar refractivity (Wildman–Crippen MR) is 96.7 cm³/mol. The van der Waals surface area contributed by atoms with Crippen LogP contribution in [0.3, 0.4) is 0 Å². The van der Waals surface area contributed by atoms with Crippen molar-refractivity contribution in [3.05, 3.63) is 59.7 Å². The van der Waals surface area contributed by atoms with Crippen molar-refractivity contribution in [1.29, 1.82) is 0 Å². The Bertz CT molecular complexity index is 628. The largest absolute Gasteiger partial charge is 0.496 e. The van der Waals surface area contributed by atoms with Crippen molar-refractivity contribution >= 4 is 23.0 Å². The molecule has 0 atom stereocenters. The quantitative estimate of drug-likeness (QED) is 0.795. The Morgan fingerprint density at radius 3 is 2.73 bits per heavy atom. The van der Waals surface area contributed by atoms with Gasteiger partial charge < -0.3 is 15.4 Å². The molecule has 0 unspecified atom stereocenters. The molecule has 22 heavy (non-hydrogen) atoms. The molecular formula is C18H22N2OS. The fourth-order valence-corrected chi connectivity index (χ4v) is 2.48. The van der Waals surface area contributed by atoms with Crippen molar-refractivity contribution < 1.29 is 4.74 Å². The lowest BCUT2D eigenvalue weighted by atomic mass is 10.1. The van der Waals surface area contributed by atoms with E-state index in [1.54, 1.807) is 7.11 Å². The number of para-hydroxylation sites is 1. The van der Waals surface area contributed by atoms with Crippen LogP contribution in [-0.2, 0) is 12.8 Å². The molecule has 116 valence electrons. The first-order valence-corrected chi connectivity index (χ1v) is 7.89. The molecule has 0 radical (unpaired) electrons. The third kappa shape index (κ3) is 4.74. The molecule has 2 aromatic carbocycles. The van der Waals surface area contributed by atoms with Gasteiger partial charge in [-0.25, -0.2) is 0 Å². The highest BCUT2D eigenvalue weighted by Gasteiger charge is 2.02. The molecule has 0 aliphatic heterocycles. The summed E-state index contributed by atoms with van der Waals surface area (Å²) in [4.78, 5) is 0. The highest BCUT2D eigenvalue weighted by Crippen LogP contribution is 2.17. The lowest BCUT2D eigenvalue weighted by Gasteiger charge is -2.12. The van der Waals surface area contributed by atoms with E-state index in [0.717, 1.165) is 30.8 Å². The average Bonchev–Trinajstić information content (AvgIpc) is 2.55. The number of ether oxygens (including phenoxy) is 1. The Hall–Kier alpha value is -2.07. The van der Waals surface area contributed by atoms with Crippen LogP contribution in [0.2, 0.25) is 0 Å². The van der Waals surface area contributed by atoms with Crippen molar-refractivity contribution in [3.8, 4) is 5.75 Å². The molecule has 2 N–H and O–H groups in total. The molecule has 2 aromatic rings. The van der Waals surface area contributed by atoms with Gasteiger partial charge in [-0.15, -0.1) is 0 Å². The number of nitrogens with one attached hydrogen (secondary N) is 2. The van der Waals surface area contributed by atoms with Crippen molar-refractivity contribution in [3.63, 3.8) is 0 Å². The first-order chi connectivity index (χ1) is 10.7. The van der Waals surface area contributed by atoms with E-state index in [1.807, 2.05) is 30.3 Å². The number of hydrogen-bond acceptors (Lipinski definition) is 2. The Labute approximate surface area is 137 Å². The second kappa shape index (κ2) is 8.39. The zero-order chi connectivity index (χ0) is 15.8. The van der Waals surface area contributed by atoms with Crippen molar-refractivity contribution in [1.82, 2.24) is 5.32 Å². The number of thiocarbonyl (C=S) groups is 1. The highest BCUT2D eigenvalue weighted by atomic mass is 32.1. The van der Waals surface area contributed by atoms with E-state index < -0.39 is 0 Å². The third-order valence-electron chi connectivity index (χ3n) is 3.47. The molecule has 0 aliphatic carbocycles. The Balaban J connectivity index is 1.82. The molecule has 3 nitrogen and oxygen atoms in total. The minimum Gasteiger partial charge on any atom is -0.496 e. The first kappa shape index (κ1) is 16.3. The van der Waals surface area contributed by atoms with Gasteiger partial charge in [-0.1, -0.05) is 37.3 Å². The third-order valence-corrected chi connectivity index (χ3v) is 3.71. The fraction of sp³-hybridized carbons (Fsp3) is 0.278. The van der Waals surface area contributed by atoms with Gasteiger partial charge in [-0.3, -0.25) is 0 Å². The Kier molecular flexibility index (Phi) is 6.22. The molecule has 0 aliphatic rings. The zero-order valence-corrected chi connectivity index (χ0v) is 13.9. The van der Waals surface area contributed by atoms with E-state index in [4.69, 9.17) is 17.0 Å². The maximum Gasteiger partial charge on any atom is 0.170 e. The number of benzene rings is 2. The molecule has 4 heteroatoms. The summed E-state index contributed by atoms with van der Waals surface area (Å²) in [6.07, 6.45) is 1.88. The molecule has 2 rings (SSSR count). The second-order valence-corrected chi connectivity index (χ2v) is 5.40. The molecule has 0 aromatic heterocycles. The van der Waals surface area contributed by atoms with Gasteiger partial charge in [0.25, 0.3) is 0 Å². The second-order valence-electron chi connectivity index (χ2n) is 5.00. The predicted octanol–water partition coefficient (Wildman–Crippen LogP) is 3.79. The fourth-order valence-electron chi connectivity index (χ4n) is 2.26. The minimum absolute atomic E-state index is 0.642. The van der Waals surface area contributed by atoms with Gasteiger partial charge in [-0.2, -0.15) is 0 Å². The molecule has 0 amide bonds. The number of hydrogen-bond donors (Lipinski definition) is 2. The van der Waals surface area contributed by atoms with Crippen LogP contribution in [0.15, 0.2) is 48.5 Å². The van der Waals surface area contributed by atoms with Crippen LogP contribution in [0.4, 0.5) is 5.69 Å². The van der Waals surface area contributed by atoms with Crippen LogP contribution in [0.25, 0.3) is 0 Å². The van der Waals surface area contributed by atoms with Gasteiger partial charge in [0.1, 0.15) is 5.75 Å². The van der Waals surface area contributed by atoms with Crippen LogP contribution in [0, 0.1) is 0 Å². The van der Waals surface area contributed by atoms with E-state index in [9.17, 15) is 0 Å². The van der Waals surface area contributed by atoms with Gasteiger partial charge in [0.2, 0.25) is 0 Å². The number of anilines is 1. The summed E-state index contributed by atoms with van der Waals surface area (Å²) in [5.41, 5.74) is 3.49. The topological polar surface area (TPSA) is 33.3 Å². The molecule has 0 spiro atoms. The summed E-state index contributed by atoms with van der Waals surface area (Å²) in [5.74, 6) is 0.916. The monoisotopic (exact) mass is 314 g/mol. The van der Waals surface area contributed by atoms with E-state index in [2.05, 4.69) is 35.8 Å². The van der Waals surface area contributed by atoms with Crippen LogP contribution in [0.5, 0.6) is 5.75 Å². The van der Waals surface area contributed by atoms with Crippen molar-refractivity contribution in [2.24, 2.45) is 0 Å². The number of rotatable bonds is 6. The average molecular weight is 314 g/mol.